The topological polar surface area (TPSA) is 34.4 Å². The van der Waals surface area contributed by atoms with Gasteiger partial charge in [0.15, 0.2) is 0 Å². The first kappa shape index (κ1) is 15.9. The summed E-state index contributed by atoms with van der Waals surface area (Å²) in [5.74, 6) is 3.16. The van der Waals surface area contributed by atoms with E-state index in [2.05, 4.69) is 19.2 Å². The highest BCUT2D eigenvalue weighted by molar-refractivity contribution is 6.30. The zero-order chi connectivity index (χ0) is 15.2. The molecule has 1 N–H and O–H groups in total. The van der Waals surface area contributed by atoms with Gasteiger partial charge in [0.2, 0.25) is 0 Å². The standard InChI is InChI=1S/C17H22ClNO2/c1-12(2)9-19-10-14-7-17(21-13(14)3)11-20-16-6-4-5-15(18)8-16/h4-8,12,19H,9-11H2,1-3H3. The maximum Gasteiger partial charge on any atom is 0.146 e. The second kappa shape index (κ2) is 7.53. The Bertz CT molecular complexity index is 578. The average molecular weight is 308 g/mol. The summed E-state index contributed by atoms with van der Waals surface area (Å²) < 4.78 is 11.4. The number of hydrogen-bond acceptors (Lipinski definition) is 3. The van der Waals surface area contributed by atoms with E-state index in [-0.39, 0.29) is 0 Å². The second-order valence-corrected chi connectivity index (χ2v) is 6.00. The summed E-state index contributed by atoms with van der Waals surface area (Å²) >= 11 is 5.93. The van der Waals surface area contributed by atoms with E-state index in [4.69, 9.17) is 20.8 Å². The summed E-state index contributed by atoms with van der Waals surface area (Å²) in [6.07, 6.45) is 0. The molecule has 4 heteroatoms. The summed E-state index contributed by atoms with van der Waals surface area (Å²) in [5, 5.41) is 4.09. The van der Waals surface area contributed by atoms with Crippen LogP contribution in [0.25, 0.3) is 0 Å². The fourth-order valence-corrected chi connectivity index (χ4v) is 2.22. The van der Waals surface area contributed by atoms with Gasteiger partial charge in [-0.25, -0.2) is 0 Å². The molecule has 2 aromatic rings. The Labute approximate surface area is 131 Å². The van der Waals surface area contributed by atoms with Gasteiger partial charge in [0.05, 0.1) is 0 Å². The minimum absolute atomic E-state index is 0.408. The van der Waals surface area contributed by atoms with Crippen molar-refractivity contribution in [2.45, 2.75) is 33.9 Å². The van der Waals surface area contributed by atoms with E-state index in [1.54, 1.807) is 6.07 Å². The highest BCUT2D eigenvalue weighted by Crippen LogP contribution is 2.20. The zero-order valence-electron chi connectivity index (χ0n) is 12.8. The minimum Gasteiger partial charge on any atom is -0.486 e. The summed E-state index contributed by atoms with van der Waals surface area (Å²) in [5.41, 5.74) is 1.18. The van der Waals surface area contributed by atoms with Gasteiger partial charge in [-0.1, -0.05) is 31.5 Å². The Kier molecular flexibility index (Phi) is 5.71. The lowest BCUT2D eigenvalue weighted by atomic mass is 10.2. The predicted octanol–water partition coefficient (Wildman–Crippen LogP) is 4.57. The van der Waals surface area contributed by atoms with E-state index in [1.165, 1.54) is 5.56 Å². The van der Waals surface area contributed by atoms with E-state index in [0.717, 1.165) is 30.4 Å². The third-order valence-corrected chi connectivity index (χ3v) is 3.35. The van der Waals surface area contributed by atoms with Crippen molar-refractivity contribution in [1.82, 2.24) is 5.32 Å². The van der Waals surface area contributed by atoms with Gasteiger partial charge in [-0.15, -0.1) is 0 Å². The van der Waals surface area contributed by atoms with Crippen LogP contribution in [0, 0.1) is 12.8 Å². The van der Waals surface area contributed by atoms with Gasteiger partial charge in [0, 0.05) is 17.1 Å². The van der Waals surface area contributed by atoms with E-state index in [9.17, 15) is 0 Å². The lowest BCUT2D eigenvalue weighted by Crippen LogP contribution is -2.18. The summed E-state index contributed by atoms with van der Waals surface area (Å²) in [7, 11) is 0. The van der Waals surface area contributed by atoms with Crippen LogP contribution < -0.4 is 10.1 Å². The van der Waals surface area contributed by atoms with Crippen molar-refractivity contribution in [2.24, 2.45) is 5.92 Å². The van der Waals surface area contributed by atoms with Gasteiger partial charge in [0.1, 0.15) is 23.9 Å². The molecule has 0 amide bonds. The SMILES string of the molecule is Cc1oc(COc2cccc(Cl)c2)cc1CNCC(C)C. The number of ether oxygens (including phenoxy) is 1. The van der Waals surface area contributed by atoms with E-state index < -0.39 is 0 Å². The third-order valence-electron chi connectivity index (χ3n) is 3.12. The van der Waals surface area contributed by atoms with Crippen LogP contribution in [-0.2, 0) is 13.2 Å². The molecule has 0 aliphatic carbocycles. The second-order valence-electron chi connectivity index (χ2n) is 5.56. The number of benzene rings is 1. The van der Waals surface area contributed by atoms with Crippen LogP contribution in [0.4, 0.5) is 0 Å². The normalized spacial score (nSPS) is 11.1. The lowest BCUT2D eigenvalue weighted by molar-refractivity contribution is 0.267. The monoisotopic (exact) mass is 307 g/mol. The fourth-order valence-electron chi connectivity index (χ4n) is 2.04. The summed E-state index contributed by atoms with van der Waals surface area (Å²) in [6, 6.07) is 9.42. The number of rotatable bonds is 7. The molecule has 1 aromatic heterocycles. The molecule has 0 unspecified atom stereocenters. The molecule has 0 saturated heterocycles. The maximum absolute atomic E-state index is 5.93. The molecule has 114 valence electrons. The van der Waals surface area contributed by atoms with Crippen molar-refractivity contribution in [2.75, 3.05) is 6.54 Å². The first-order valence-corrected chi connectivity index (χ1v) is 7.59. The van der Waals surface area contributed by atoms with Crippen LogP contribution in [0.1, 0.15) is 30.9 Å². The Morgan fingerprint density at radius 1 is 1.29 bits per heavy atom. The van der Waals surface area contributed by atoms with Crippen LogP contribution in [0.2, 0.25) is 5.02 Å². The van der Waals surface area contributed by atoms with Gasteiger partial charge in [-0.05, 0) is 43.7 Å². The van der Waals surface area contributed by atoms with Crippen LogP contribution in [-0.4, -0.2) is 6.54 Å². The van der Waals surface area contributed by atoms with E-state index in [0.29, 0.717) is 17.5 Å². The van der Waals surface area contributed by atoms with Crippen molar-refractivity contribution >= 4 is 11.6 Å². The number of furan rings is 1. The highest BCUT2D eigenvalue weighted by atomic mass is 35.5. The number of halogens is 1. The van der Waals surface area contributed by atoms with E-state index >= 15 is 0 Å². The minimum atomic E-state index is 0.408. The van der Waals surface area contributed by atoms with Crippen LogP contribution in [0.15, 0.2) is 34.7 Å². The molecule has 3 nitrogen and oxygen atoms in total. The molecule has 0 atom stereocenters. The van der Waals surface area contributed by atoms with Gasteiger partial charge in [-0.2, -0.15) is 0 Å². The molecule has 0 aliphatic rings. The van der Waals surface area contributed by atoms with Crippen molar-refractivity contribution in [3.05, 3.63) is 52.4 Å². The number of hydrogen-bond donors (Lipinski definition) is 1. The fraction of sp³-hybridized carbons (Fsp3) is 0.412. The highest BCUT2D eigenvalue weighted by Gasteiger charge is 2.08. The third kappa shape index (κ3) is 5.10. The van der Waals surface area contributed by atoms with Crippen LogP contribution in [0.5, 0.6) is 5.75 Å². The van der Waals surface area contributed by atoms with Crippen LogP contribution >= 0.6 is 11.6 Å². The lowest BCUT2D eigenvalue weighted by Gasteiger charge is -2.05. The molecule has 2 rings (SSSR count). The molecule has 0 aliphatic heterocycles. The number of aryl methyl sites for hydroxylation is 1. The zero-order valence-corrected chi connectivity index (χ0v) is 13.5. The molecule has 21 heavy (non-hydrogen) atoms. The predicted molar refractivity (Wildman–Crippen MR) is 85.8 cm³/mol. The molecule has 1 heterocycles. The first-order chi connectivity index (χ1) is 10.0. The Balaban J connectivity index is 1.89. The quantitative estimate of drug-likeness (QED) is 0.814. The van der Waals surface area contributed by atoms with Gasteiger partial charge < -0.3 is 14.5 Å². The van der Waals surface area contributed by atoms with Crippen molar-refractivity contribution in [3.63, 3.8) is 0 Å². The van der Waals surface area contributed by atoms with Gasteiger partial charge in [-0.3, -0.25) is 0 Å². The molecule has 0 bridgehead atoms. The Morgan fingerprint density at radius 2 is 2.10 bits per heavy atom. The summed E-state index contributed by atoms with van der Waals surface area (Å²) in [6.45, 7) is 8.60. The Hall–Kier alpha value is -1.45. The van der Waals surface area contributed by atoms with Crippen molar-refractivity contribution < 1.29 is 9.15 Å². The number of nitrogens with one attached hydrogen (secondary N) is 1. The molecular formula is C17H22ClNO2. The summed E-state index contributed by atoms with van der Waals surface area (Å²) in [4.78, 5) is 0. The molecule has 0 fully saturated rings. The molecule has 0 saturated carbocycles. The molecule has 0 radical (unpaired) electrons. The molecular weight excluding hydrogens is 286 g/mol. The average Bonchev–Trinajstić information content (AvgIpc) is 2.77. The molecule has 1 aromatic carbocycles. The van der Waals surface area contributed by atoms with E-state index in [1.807, 2.05) is 31.2 Å². The van der Waals surface area contributed by atoms with Gasteiger partial charge in [0.25, 0.3) is 0 Å². The van der Waals surface area contributed by atoms with Crippen molar-refractivity contribution in [1.29, 1.82) is 0 Å². The van der Waals surface area contributed by atoms with Crippen LogP contribution in [0.3, 0.4) is 0 Å². The Morgan fingerprint density at radius 3 is 2.81 bits per heavy atom. The largest absolute Gasteiger partial charge is 0.486 e. The maximum atomic E-state index is 5.93. The molecule has 0 spiro atoms. The van der Waals surface area contributed by atoms with Crippen molar-refractivity contribution in [3.8, 4) is 5.75 Å². The van der Waals surface area contributed by atoms with Gasteiger partial charge >= 0.3 is 0 Å². The smallest absolute Gasteiger partial charge is 0.146 e. The first-order valence-electron chi connectivity index (χ1n) is 7.22.